The summed E-state index contributed by atoms with van der Waals surface area (Å²) < 4.78 is 2.52. The van der Waals surface area contributed by atoms with Crippen LogP contribution in [0.2, 0.25) is 0 Å². The molecule has 10 aromatic carbocycles. The number of anilines is 3. The lowest BCUT2D eigenvalue weighted by molar-refractivity contribution is 0.889. The van der Waals surface area contributed by atoms with Gasteiger partial charge in [-0.25, -0.2) is 0 Å². The van der Waals surface area contributed by atoms with Crippen LogP contribution < -0.4 is 4.90 Å². The van der Waals surface area contributed by atoms with Gasteiger partial charge in [-0.1, -0.05) is 182 Å². The van der Waals surface area contributed by atoms with Gasteiger partial charge in [-0.15, -0.1) is 0 Å². The highest BCUT2D eigenvalue weighted by molar-refractivity contribution is 6.09. The maximum atomic E-state index is 2.52. The van der Waals surface area contributed by atoms with E-state index in [1.54, 1.807) is 0 Å². The van der Waals surface area contributed by atoms with E-state index in [0.717, 1.165) is 29.9 Å². The average molecular weight is 817 g/mol. The zero-order chi connectivity index (χ0) is 42.4. The Morgan fingerprint density at radius 1 is 0.375 bits per heavy atom. The number of benzene rings is 10. The lowest BCUT2D eigenvalue weighted by Gasteiger charge is -2.28. The highest BCUT2D eigenvalue weighted by Gasteiger charge is 2.21. The summed E-state index contributed by atoms with van der Waals surface area (Å²) in [6.07, 6.45) is 6.69. The molecule has 1 heterocycles. The second-order valence-electron chi connectivity index (χ2n) is 16.8. The summed E-state index contributed by atoms with van der Waals surface area (Å²) in [5.41, 5.74) is 18.0. The van der Waals surface area contributed by atoms with E-state index in [9.17, 15) is 0 Å². The van der Waals surface area contributed by atoms with E-state index in [0.29, 0.717) is 0 Å². The zero-order valence-electron chi connectivity index (χ0n) is 35.4. The molecule has 64 heavy (non-hydrogen) atoms. The standard InChI is InChI=1S/C62H44N2/c1-3-15-43(16-4-1)44-31-35-52(36-32-44)63(60-24-12-9-21-56(60)46-17-5-2-6-18-46)53-37-33-45(34-38-53)50-39-51(49-30-29-48-28-27-47-19-7-8-20-55(47)59(48)42-49)41-54(40-50)64-61-25-13-10-22-57(61)58-23-11-14-26-62(58)64/h1-13,15-25,27-42H,14,26H2. The lowest BCUT2D eigenvalue weighted by atomic mass is 9.94. The maximum absolute atomic E-state index is 2.52. The van der Waals surface area contributed by atoms with Crippen molar-refractivity contribution in [2.24, 2.45) is 0 Å². The molecule has 2 heteroatoms. The number of aromatic nitrogens is 1. The van der Waals surface area contributed by atoms with Crippen LogP contribution in [0.25, 0.3) is 88.7 Å². The van der Waals surface area contributed by atoms with Crippen LogP contribution in [-0.2, 0) is 6.42 Å². The second-order valence-corrected chi connectivity index (χ2v) is 16.8. The minimum Gasteiger partial charge on any atom is -0.313 e. The van der Waals surface area contributed by atoms with Crippen LogP contribution in [-0.4, -0.2) is 4.57 Å². The largest absolute Gasteiger partial charge is 0.313 e. The predicted molar refractivity (Wildman–Crippen MR) is 272 cm³/mol. The van der Waals surface area contributed by atoms with Gasteiger partial charge in [0.15, 0.2) is 0 Å². The first-order valence-corrected chi connectivity index (χ1v) is 22.3. The van der Waals surface area contributed by atoms with Gasteiger partial charge in [-0.05, 0) is 134 Å². The van der Waals surface area contributed by atoms with Crippen molar-refractivity contribution in [1.82, 2.24) is 4.57 Å². The van der Waals surface area contributed by atoms with Crippen molar-refractivity contribution in [1.29, 1.82) is 0 Å². The fraction of sp³-hybridized carbons (Fsp3) is 0.0323. The minimum absolute atomic E-state index is 1.00. The summed E-state index contributed by atoms with van der Waals surface area (Å²) in [4.78, 5) is 2.40. The van der Waals surface area contributed by atoms with Crippen LogP contribution in [0.1, 0.15) is 17.7 Å². The van der Waals surface area contributed by atoms with Crippen LogP contribution in [0.3, 0.4) is 0 Å². The molecule has 0 saturated heterocycles. The third kappa shape index (κ3) is 6.68. The van der Waals surface area contributed by atoms with Crippen molar-refractivity contribution in [2.45, 2.75) is 12.8 Å². The van der Waals surface area contributed by atoms with Crippen LogP contribution in [0.15, 0.2) is 237 Å². The number of fused-ring (bicyclic) bond motifs is 6. The van der Waals surface area contributed by atoms with Gasteiger partial charge >= 0.3 is 0 Å². The highest BCUT2D eigenvalue weighted by Crippen LogP contribution is 2.43. The third-order valence-electron chi connectivity index (χ3n) is 13.0. The molecular weight excluding hydrogens is 773 g/mol. The molecule has 302 valence electrons. The number of hydrogen-bond acceptors (Lipinski definition) is 1. The number of para-hydroxylation sites is 2. The van der Waals surface area contributed by atoms with Crippen molar-refractivity contribution < 1.29 is 0 Å². The molecule has 11 aromatic rings. The molecule has 12 rings (SSSR count). The summed E-state index contributed by atoms with van der Waals surface area (Å²) in [6.45, 7) is 0. The van der Waals surface area contributed by atoms with Crippen molar-refractivity contribution in [2.75, 3.05) is 4.90 Å². The number of hydrogen-bond donors (Lipinski definition) is 0. The van der Waals surface area contributed by atoms with E-state index in [1.165, 1.54) is 93.9 Å². The molecule has 1 aromatic heterocycles. The van der Waals surface area contributed by atoms with E-state index >= 15 is 0 Å². The van der Waals surface area contributed by atoms with E-state index in [2.05, 4.69) is 252 Å². The normalized spacial score (nSPS) is 12.2. The molecule has 0 spiro atoms. The van der Waals surface area contributed by atoms with Crippen molar-refractivity contribution in [3.8, 4) is 50.2 Å². The molecule has 0 bridgehead atoms. The molecule has 0 aliphatic heterocycles. The molecule has 1 aliphatic carbocycles. The first-order chi connectivity index (χ1) is 31.7. The second kappa shape index (κ2) is 15.9. The summed E-state index contributed by atoms with van der Waals surface area (Å²) in [7, 11) is 0. The van der Waals surface area contributed by atoms with E-state index < -0.39 is 0 Å². The van der Waals surface area contributed by atoms with Gasteiger partial charge in [0.1, 0.15) is 0 Å². The molecule has 2 nitrogen and oxygen atoms in total. The molecule has 0 radical (unpaired) electrons. The van der Waals surface area contributed by atoms with Crippen molar-refractivity contribution in [3.63, 3.8) is 0 Å². The molecule has 0 amide bonds. The van der Waals surface area contributed by atoms with Crippen LogP contribution in [0, 0.1) is 0 Å². The Labute approximate surface area is 374 Å². The van der Waals surface area contributed by atoms with Gasteiger partial charge in [0.2, 0.25) is 0 Å². The summed E-state index contributed by atoms with van der Waals surface area (Å²) in [5, 5.41) is 6.36. The van der Waals surface area contributed by atoms with Crippen LogP contribution in [0.4, 0.5) is 17.1 Å². The predicted octanol–water partition coefficient (Wildman–Crippen LogP) is 17.0. The molecular formula is C62H44N2. The van der Waals surface area contributed by atoms with Crippen LogP contribution >= 0.6 is 0 Å². The summed E-state index contributed by atoms with van der Waals surface area (Å²) in [5.74, 6) is 0. The SMILES string of the molecule is C1=Cc2c(n(-c3cc(-c4ccc(N(c5ccc(-c6ccccc6)cc5)c5ccccc5-c5ccccc5)cc4)cc(-c4ccc5ccc6ccccc6c5c4)c3)c3ccccc23)CC1. The van der Waals surface area contributed by atoms with Gasteiger partial charge in [0.25, 0.3) is 0 Å². The quantitative estimate of drug-likeness (QED) is 0.139. The fourth-order valence-corrected chi connectivity index (χ4v) is 9.92. The molecule has 0 N–H and O–H groups in total. The van der Waals surface area contributed by atoms with Gasteiger partial charge in [0.05, 0.1) is 11.2 Å². The van der Waals surface area contributed by atoms with Crippen molar-refractivity contribution in [3.05, 3.63) is 248 Å². The Kier molecular flexibility index (Phi) is 9.34. The summed E-state index contributed by atoms with van der Waals surface area (Å²) >= 11 is 0. The fourth-order valence-electron chi connectivity index (χ4n) is 9.92. The molecule has 0 unspecified atom stereocenters. The molecule has 0 fully saturated rings. The Morgan fingerprint density at radius 2 is 0.922 bits per heavy atom. The number of nitrogens with zero attached hydrogens (tertiary/aromatic N) is 2. The van der Waals surface area contributed by atoms with Crippen molar-refractivity contribution >= 4 is 55.6 Å². The Bertz CT molecular complexity index is 3520. The number of rotatable bonds is 8. The van der Waals surface area contributed by atoms with Gasteiger partial charge in [-0.3, -0.25) is 0 Å². The Balaban J connectivity index is 1.02. The highest BCUT2D eigenvalue weighted by atomic mass is 15.1. The smallest absolute Gasteiger partial charge is 0.0540 e. The molecule has 1 aliphatic rings. The van der Waals surface area contributed by atoms with Gasteiger partial charge in [0, 0.05) is 39.3 Å². The number of allylic oxidation sites excluding steroid dienone is 1. The van der Waals surface area contributed by atoms with E-state index in [1.807, 2.05) is 0 Å². The lowest BCUT2D eigenvalue weighted by Crippen LogP contribution is -2.11. The summed E-state index contributed by atoms with van der Waals surface area (Å²) in [6, 6.07) is 84.4. The first kappa shape index (κ1) is 37.6. The van der Waals surface area contributed by atoms with Crippen LogP contribution in [0.5, 0.6) is 0 Å². The van der Waals surface area contributed by atoms with E-state index in [4.69, 9.17) is 0 Å². The van der Waals surface area contributed by atoms with Gasteiger partial charge < -0.3 is 9.47 Å². The average Bonchev–Trinajstić information content (AvgIpc) is 3.72. The Morgan fingerprint density at radius 3 is 1.67 bits per heavy atom. The topological polar surface area (TPSA) is 8.17 Å². The third-order valence-corrected chi connectivity index (χ3v) is 13.0. The molecule has 0 atom stereocenters. The molecule has 0 saturated carbocycles. The first-order valence-electron chi connectivity index (χ1n) is 22.3. The monoisotopic (exact) mass is 816 g/mol. The maximum Gasteiger partial charge on any atom is 0.0540 e. The van der Waals surface area contributed by atoms with E-state index in [-0.39, 0.29) is 0 Å². The zero-order valence-corrected chi connectivity index (χ0v) is 35.4. The minimum atomic E-state index is 1.00. The Hall–Kier alpha value is -8.20. The van der Waals surface area contributed by atoms with Gasteiger partial charge in [-0.2, -0.15) is 0 Å².